The first kappa shape index (κ1) is 21.9. The zero-order valence-electron chi connectivity index (χ0n) is 18.8. The number of amides is 1. The molecule has 1 aliphatic heterocycles. The maximum atomic E-state index is 12.6. The number of hydrogen-bond donors (Lipinski definition) is 2. The number of pyridine rings is 1. The summed E-state index contributed by atoms with van der Waals surface area (Å²) in [6.45, 7) is 2.26. The fourth-order valence-corrected chi connectivity index (χ4v) is 5.02. The van der Waals surface area contributed by atoms with Gasteiger partial charge in [-0.1, -0.05) is 25.3 Å². The van der Waals surface area contributed by atoms with Crippen LogP contribution in [0.1, 0.15) is 69.8 Å². The van der Waals surface area contributed by atoms with Gasteiger partial charge in [0, 0.05) is 50.9 Å². The first-order valence-electron chi connectivity index (χ1n) is 12.1. The molecule has 1 aromatic rings. The maximum absolute atomic E-state index is 12.6. The second-order valence-electron chi connectivity index (χ2n) is 9.20. The van der Waals surface area contributed by atoms with Crippen molar-refractivity contribution < 1.29 is 9.53 Å². The van der Waals surface area contributed by atoms with Gasteiger partial charge in [-0.05, 0) is 50.5 Å². The van der Waals surface area contributed by atoms with Crippen molar-refractivity contribution in [3.8, 4) is 5.88 Å². The Morgan fingerprint density at radius 3 is 2.61 bits per heavy atom. The molecule has 2 saturated carbocycles. The van der Waals surface area contributed by atoms with Crippen molar-refractivity contribution >= 4 is 11.9 Å². The van der Waals surface area contributed by atoms with Crippen molar-refractivity contribution in [1.29, 1.82) is 0 Å². The van der Waals surface area contributed by atoms with E-state index in [2.05, 4.69) is 26.7 Å². The Bertz CT molecular complexity index is 739. The smallest absolute Gasteiger partial charge is 0.225 e. The average molecular weight is 428 g/mol. The molecule has 0 radical (unpaired) electrons. The lowest BCUT2D eigenvalue weighted by atomic mass is 9.98. The molecule has 1 aromatic heterocycles. The van der Waals surface area contributed by atoms with Gasteiger partial charge in [-0.3, -0.25) is 9.79 Å². The fraction of sp³-hybridized carbons (Fsp3) is 0.708. The molecular formula is C24H37N5O2. The summed E-state index contributed by atoms with van der Waals surface area (Å²) in [6, 6.07) is 4.27. The summed E-state index contributed by atoms with van der Waals surface area (Å²) >= 11 is 0. The molecule has 170 valence electrons. The minimum atomic E-state index is 0.251. The van der Waals surface area contributed by atoms with Gasteiger partial charge in [-0.25, -0.2) is 4.98 Å². The molecule has 4 rings (SSSR count). The molecule has 3 fully saturated rings. The number of carbonyl (C=O) groups excluding carboxylic acids is 1. The van der Waals surface area contributed by atoms with Crippen molar-refractivity contribution in [3.63, 3.8) is 0 Å². The number of ether oxygens (including phenoxy) is 1. The Hall–Kier alpha value is -2.31. The molecule has 0 spiro atoms. The molecule has 31 heavy (non-hydrogen) atoms. The van der Waals surface area contributed by atoms with E-state index in [4.69, 9.17) is 4.74 Å². The first-order valence-corrected chi connectivity index (χ1v) is 12.1. The van der Waals surface area contributed by atoms with E-state index in [1.54, 1.807) is 7.05 Å². The summed E-state index contributed by atoms with van der Waals surface area (Å²) in [4.78, 5) is 23.5. The highest BCUT2D eigenvalue weighted by Crippen LogP contribution is 2.28. The number of aromatic nitrogens is 1. The van der Waals surface area contributed by atoms with Crippen LogP contribution in [0.5, 0.6) is 5.88 Å². The molecule has 7 heteroatoms. The topological polar surface area (TPSA) is 78.9 Å². The quantitative estimate of drug-likeness (QED) is 0.538. The van der Waals surface area contributed by atoms with Gasteiger partial charge in [0.15, 0.2) is 5.96 Å². The van der Waals surface area contributed by atoms with Crippen LogP contribution in [0.4, 0.5) is 0 Å². The summed E-state index contributed by atoms with van der Waals surface area (Å²) in [6.07, 6.45) is 13.8. The molecule has 1 saturated heterocycles. The van der Waals surface area contributed by atoms with Crippen LogP contribution in [-0.4, -0.2) is 54.0 Å². The first-order chi connectivity index (χ1) is 15.2. The highest BCUT2D eigenvalue weighted by atomic mass is 16.5. The van der Waals surface area contributed by atoms with E-state index in [0.29, 0.717) is 18.6 Å². The monoisotopic (exact) mass is 427 g/mol. The molecule has 7 nitrogen and oxygen atoms in total. The Morgan fingerprint density at radius 1 is 1.13 bits per heavy atom. The van der Waals surface area contributed by atoms with Gasteiger partial charge in [0.25, 0.3) is 0 Å². The van der Waals surface area contributed by atoms with Gasteiger partial charge in [-0.2, -0.15) is 0 Å². The van der Waals surface area contributed by atoms with E-state index >= 15 is 0 Å². The largest absolute Gasteiger partial charge is 0.474 e. The molecule has 2 aliphatic carbocycles. The second-order valence-corrected chi connectivity index (χ2v) is 9.20. The number of likely N-dealkylation sites (tertiary alicyclic amines) is 1. The average Bonchev–Trinajstić information content (AvgIpc) is 3.50. The van der Waals surface area contributed by atoms with Crippen LogP contribution in [0.15, 0.2) is 23.3 Å². The standard InChI is InChI=1S/C24H37N5O2/c1-25-24(28-20-13-14-29(17-20)23(30)19-7-5-6-8-19)27-16-18-11-12-22(26-15-18)31-21-9-3-2-4-10-21/h11-12,15,19-21H,2-10,13-14,16-17H2,1H3,(H2,25,27,28). The van der Waals surface area contributed by atoms with Gasteiger partial charge in [-0.15, -0.1) is 0 Å². The van der Waals surface area contributed by atoms with E-state index in [-0.39, 0.29) is 12.0 Å². The predicted octanol–water partition coefficient (Wildman–Crippen LogP) is 3.25. The SMILES string of the molecule is CN=C(NCc1ccc(OC2CCCCC2)nc1)NC1CCN(C(=O)C2CCCC2)C1. The van der Waals surface area contributed by atoms with Crippen LogP contribution in [-0.2, 0) is 11.3 Å². The lowest BCUT2D eigenvalue weighted by Gasteiger charge is -2.22. The minimum absolute atomic E-state index is 0.251. The summed E-state index contributed by atoms with van der Waals surface area (Å²) in [5, 5.41) is 6.84. The number of rotatable bonds is 6. The third-order valence-corrected chi connectivity index (χ3v) is 6.87. The maximum Gasteiger partial charge on any atom is 0.225 e. The molecule has 1 unspecified atom stereocenters. The number of hydrogen-bond acceptors (Lipinski definition) is 4. The normalized spacial score (nSPS) is 23.2. The summed E-state index contributed by atoms with van der Waals surface area (Å²) in [5.74, 6) is 2.10. The Kier molecular flexibility index (Phi) is 7.65. The molecule has 3 aliphatic rings. The van der Waals surface area contributed by atoms with E-state index in [9.17, 15) is 4.79 Å². The van der Waals surface area contributed by atoms with Crippen LogP contribution in [0.2, 0.25) is 0 Å². The molecule has 0 bridgehead atoms. The summed E-state index contributed by atoms with van der Waals surface area (Å²) in [7, 11) is 1.78. The van der Waals surface area contributed by atoms with Crippen molar-refractivity contribution in [2.24, 2.45) is 10.9 Å². The van der Waals surface area contributed by atoms with E-state index < -0.39 is 0 Å². The van der Waals surface area contributed by atoms with E-state index in [0.717, 1.165) is 62.6 Å². The van der Waals surface area contributed by atoms with Gasteiger partial charge < -0.3 is 20.3 Å². The predicted molar refractivity (Wildman–Crippen MR) is 122 cm³/mol. The van der Waals surface area contributed by atoms with Crippen molar-refractivity contribution in [1.82, 2.24) is 20.5 Å². The number of guanidine groups is 1. The zero-order chi connectivity index (χ0) is 21.5. The van der Waals surface area contributed by atoms with Gasteiger partial charge in [0.2, 0.25) is 11.8 Å². The van der Waals surface area contributed by atoms with Gasteiger partial charge in [0.1, 0.15) is 6.10 Å². The van der Waals surface area contributed by atoms with Crippen LogP contribution in [0.25, 0.3) is 0 Å². The van der Waals surface area contributed by atoms with Crippen LogP contribution in [0, 0.1) is 5.92 Å². The molecule has 1 amide bonds. The van der Waals surface area contributed by atoms with E-state index in [1.165, 1.54) is 32.1 Å². The van der Waals surface area contributed by atoms with E-state index in [1.807, 2.05) is 17.2 Å². The molecule has 2 N–H and O–H groups in total. The molecule has 1 atom stereocenters. The third kappa shape index (κ3) is 6.11. The highest BCUT2D eigenvalue weighted by molar-refractivity contribution is 5.81. The molecule has 0 aromatic carbocycles. The zero-order valence-corrected chi connectivity index (χ0v) is 18.8. The number of nitrogens with zero attached hydrogens (tertiary/aromatic N) is 3. The number of carbonyl (C=O) groups is 1. The minimum Gasteiger partial charge on any atom is -0.474 e. The van der Waals surface area contributed by atoms with Crippen LogP contribution >= 0.6 is 0 Å². The van der Waals surface area contributed by atoms with Crippen molar-refractivity contribution in [3.05, 3.63) is 23.9 Å². The molecule has 2 heterocycles. The lowest BCUT2D eigenvalue weighted by Crippen LogP contribution is -2.45. The summed E-state index contributed by atoms with van der Waals surface area (Å²) in [5.41, 5.74) is 1.09. The highest BCUT2D eigenvalue weighted by Gasteiger charge is 2.32. The van der Waals surface area contributed by atoms with Gasteiger partial charge >= 0.3 is 0 Å². The third-order valence-electron chi connectivity index (χ3n) is 6.87. The fourth-order valence-electron chi connectivity index (χ4n) is 5.02. The number of aliphatic imine (C=N–C) groups is 1. The second kappa shape index (κ2) is 10.8. The summed E-state index contributed by atoms with van der Waals surface area (Å²) < 4.78 is 6.01. The lowest BCUT2D eigenvalue weighted by molar-refractivity contribution is -0.134. The number of nitrogens with one attached hydrogen (secondary N) is 2. The van der Waals surface area contributed by atoms with Crippen LogP contribution < -0.4 is 15.4 Å². The van der Waals surface area contributed by atoms with Gasteiger partial charge in [0.05, 0.1) is 0 Å². The Morgan fingerprint density at radius 2 is 1.90 bits per heavy atom. The van der Waals surface area contributed by atoms with Crippen molar-refractivity contribution in [2.75, 3.05) is 20.1 Å². The Balaban J connectivity index is 1.20. The van der Waals surface area contributed by atoms with Crippen LogP contribution in [0.3, 0.4) is 0 Å². The Labute approximate surface area is 186 Å². The van der Waals surface area contributed by atoms with Crippen molar-refractivity contribution in [2.45, 2.75) is 82.9 Å². The molecular weight excluding hydrogens is 390 g/mol.